The van der Waals surface area contributed by atoms with Crippen LogP contribution in [0.3, 0.4) is 0 Å². The van der Waals surface area contributed by atoms with Gasteiger partial charge in [-0.3, -0.25) is 0 Å². The first-order valence-electron chi connectivity index (χ1n) is 11.5. The monoisotopic (exact) mass is 441 g/mol. The zero-order valence-electron chi connectivity index (χ0n) is 19.3. The van der Waals surface area contributed by atoms with Crippen LogP contribution < -0.4 is 4.74 Å². The molecular formula is C26H35NO5. The third-order valence-electron chi connectivity index (χ3n) is 5.82. The van der Waals surface area contributed by atoms with Crippen LogP contribution in [0, 0.1) is 18.1 Å². The molecule has 2 aliphatic rings. The van der Waals surface area contributed by atoms with Gasteiger partial charge in [0.05, 0.1) is 6.08 Å². The number of aliphatic imine (C=N–C) groups is 1. The van der Waals surface area contributed by atoms with E-state index in [1.54, 1.807) is 18.3 Å². The summed E-state index contributed by atoms with van der Waals surface area (Å²) in [4.78, 5) is 4.27. The molecular weight excluding hydrogens is 406 g/mol. The number of aryl methyl sites for hydroxylation is 1. The Kier molecular flexibility index (Phi) is 8.67. The van der Waals surface area contributed by atoms with Gasteiger partial charge in [-0.2, -0.15) is 11.6 Å². The lowest BCUT2D eigenvalue weighted by atomic mass is 10.0. The molecule has 6 heteroatoms. The second-order valence-electron chi connectivity index (χ2n) is 8.70. The van der Waals surface area contributed by atoms with E-state index in [1.165, 1.54) is 0 Å². The lowest BCUT2D eigenvalue weighted by molar-refractivity contribution is 0.103. The Morgan fingerprint density at radius 2 is 2.12 bits per heavy atom. The summed E-state index contributed by atoms with van der Waals surface area (Å²) in [6.07, 6.45) is 10.1. The van der Waals surface area contributed by atoms with Crippen molar-refractivity contribution in [2.75, 3.05) is 13.2 Å². The summed E-state index contributed by atoms with van der Waals surface area (Å²) >= 11 is 0. The first-order chi connectivity index (χ1) is 15.4. The maximum atomic E-state index is 10.4. The molecule has 1 aromatic rings. The molecule has 0 fully saturated rings. The van der Waals surface area contributed by atoms with Gasteiger partial charge in [-0.15, -0.1) is 4.99 Å². The molecule has 174 valence electrons. The molecule has 0 spiro atoms. The predicted octanol–water partition coefficient (Wildman–Crippen LogP) is 4.30. The number of aromatic hydroxyl groups is 1. The van der Waals surface area contributed by atoms with Crippen LogP contribution in [0.25, 0.3) is 0 Å². The van der Waals surface area contributed by atoms with Crippen molar-refractivity contribution in [2.24, 2.45) is 10.9 Å². The van der Waals surface area contributed by atoms with Crippen molar-refractivity contribution >= 4 is 6.21 Å². The van der Waals surface area contributed by atoms with Crippen molar-refractivity contribution < 1.29 is 24.8 Å². The fraction of sp³-hybridized carbons (Fsp3) is 0.500. The number of unbranched alkanes of at least 4 members (excludes halogenated alkanes) is 1. The number of rotatable bonds is 12. The molecule has 2 aliphatic heterocycles. The highest BCUT2D eigenvalue weighted by molar-refractivity contribution is 5.83. The molecule has 0 radical (unpaired) electrons. The van der Waals surface area contributed by atoms with Gasteiger partial charge in [0.2, 0.25) is 0 Å². The topological polar surface area (TPSA) is 91.5 Å². The van der Waals surface area contributed by atoms with E-state index < -0.39 is 6.10 Å². The van der Waals surface area contributed by atoms with Gasteiger partial charge < -0.3 is 24.8 Å². The number of allylic oxidation sites excluding steroid dienone is 1. The van der Waals surface area contributed by atoms with Crippen LogP contribution in [-0.4, -0.2) is 47.0 Å². The number of phenols is 1. The Morgan fingerprint density at radius 1 is 1.31 bits per heavy atom. The Hall–Kier alpha value is -2.41. The van der Waals surface area contributed by atoms with E-state index in [9.17, 15) is 15.3 Å². The summed E-state index contributed by atoms with van der Waals surface area (Å²) < 4.78 is 11.7. The van der Waals surface area contributed by atoms with E-state index in [1.807, 2.05) is 18.2 Å². The molecule has 2 heterocycles. The van der Waals surface area contributed by atoms with Gasteiger partial charge in [0, 0.05) is 18.6 Å². The van der Waals surface area contributed by atoms with Crippen LogP contribution >= 0.6 is 0 Å². The minimum atomic E-state index is -0.866. The summed E-state index contributed by atoms with van der Waals surface area (Å²) in [6.45, 7) is 6.33. The second-order valence-corrected chi connectivity index (χ2v) is 8.70. The lowest BCUT2D eigenvalue weighted by Crippen LogP contribution is -2.22. The van der Waals surface area contributed by atoms with Crippen LogP contribution in [-0.2, 0) is 11.2 Å². The van der Waals surface area contributed by atoms with E-state index in [0.29, 0.717) is 30.6 Å². The Morgan fingerprint density at radius 3 is 2.81 bits per heavy atom. The highest BCUT2D eigenvalue weighted by atomic mass is 16.5. The molecule has 32 heavy (non-hydrogen) atoms. The number of hydrogen-bond acceptors (Lipinski definition) is 6. The fourth-order valence-electron chi connectivity index (χ4n) is 3.75. The third kappa shape index (κ3) is 6.31. The van der Waals surface area contributed by atoms with Gasteiger partial charge in [-0.1, -0.05) is 38.4 Å². The van der Waals surface area contributed by atoms with Crippen molar-refractivity contribution in [1.82, 2.24) is 0 Å². The molecule has 1 unspecified atom stereocenters. The molecule has 3 rings (SSSR count). The highest BCUT2D eigenvalue weighted by Crippen LogP contribution is 2.33. The predicted molar refractivity (Wildman–Crippen MR) is 125 cm³/mol. The van der Waals surface area contributed by atoms with Gasteiger partial charge in [0.15, 0.2) is 29.9 Å². The van der Waals surface area contributed by atoms with Crippen LogP contribution in [0.4, 0.5) is 0 Å². The standard InChI is InChI=1S/C26H35NO5/c1-4-5-6-25-20(15-28)12-21(32-25)9-7-18-8-10-23(29)26(11-18)31-16-24(30)22-13-19(14-27-22)17(2)3/h8,10-14,17,24-25,28-30H,4-7,9,15-16H2,1-3H3/t24-,25?/m0/s1. The Balaban J connectivity index is 1.52. The van der Waals surface area contributed by atoms with Crippen LogP contribution in [0.1, 0.15) is 52.0 Å². The van der Waals surface area contributed by atoms with Crippen molar-refractivity contribution in [3.05, 3.63) is 59.2 Å². The Bertz CT molecular complexity index is 845. The van der Waals surface area contributed by atoms with Crippen LogP contribution in [0.2, 0.25) is 0 Å². The normalized spacial score (nSPS) is 19.0. The molecule has 0 saturated heterocycles. The molecule has 0 bridgehead atoms. The minimum Gasteiger partial charge on any atom is -0.504 e. The molecule has 6 nitrogen and oxygen atoms in total. The van der Waals surface area contributed by atoms with E-state index in [0.717, 1.165) is 42.1 Å². The number of ether oxygens (including phenoxy) is 2. The third-order valence-corrected chi connectivity index (χ3v) is 5.82. The van der Waals surface area contributed by atoms with Crippen LogP contribution in [0.5, 0.6) is 11.5 Å². The van der Waals surface area contributed by atoms with E-state index >= 15 is 0 Å². The average Bonchev–Trinajstić information content (AvgIpc) is 3.43. The lowest BCUT2D eigenvalue weighted by Gasteiger charge is -2.24. The SMILES string of the molecule is CCCCC1O[C-](CCc2ccc(O)c(OC[C@H](O)[C+]3C=C(C(C)C)C=N3)c2)C=C1CO. The van der Waals surface area contributed by atoms with Crippen molar-refractivity contribution in [3.8, 4) is 11.5 Å². The number of aliphatic hydroxyl groups is 2. The van der Waals surface area contributed by atoms with Crippen LogP contribution in [0.15, 0.2) is 46.5 Å². The molecule has 0 aromatic heterocycles. The summed E-state index contributed by atoms with van der Waals surface area (Å²) in [5.74, 6) is 0.713. The number of nitrogens with zero attached hydrogens (tertiary/aromatic N) is 1. The molecule has 0 aliphatic carbocycles. The van der Waals surface area contributed by atoms with Crippen molar-refractivity contribution in [3.63, 3.8) is 0 Å². The molecule has 0 amide bonds. The van der Waals surface area contributed by atoms with Crippen molar-refractivity contribution in [2.45, 2.75) is 65.1 Å². The van der Waals surface area contributed by atoms with E-state index in [2.05, 4.69) is 25.8 Å². The maximum absolute atomic E-state index is 10.4. The minimum absolute atomic E-state index is 0.00769. The quantitative estimate of drug-likeness (QED) is 0.421. The molecule has 2 atom stereocenters. The van der Waals surface area contributed by atoms with Gasteiger partial charge in [0.1, 0.15) is 12.2 Å². The number of hydrogen-bond donors (Lipinski definition) is 3. The van der Waals surface area contributed by atoms with E-state index in [4.69, 9.17) is 9.47 Å². The first kappa shape index (κ1) is 24.2. The first-order valence-corrected chi connectivity index (χ1v) is 11.5. The van der Waals surface area contributed by atoms with Crippen molar-refractivity contribution in [1.29, 1.82) is 0 Å². The number of phenolic OH excluding ortho intramolecular Hbond substituents is 1. The van der Waals surface area contributed by atoms with E-state index in [-0.39, 0.29) is 25.1 Å². The number of benzene rings is 1. The van der Waals surface area contributed by atoms with Gasteiger partial charge in [-0.05, 0) is 44.4 Å². The molecule has 1 aromatic carbocycles. The Labute approximate surface area is 191 Å². The smallest absolute Gasteiger partial charge is 0.181 e. The zero-order chi connectivity index (χ0) is 23.1. The highest BCUT2D eigenvalue weighted by Gasteiger charge is 2.30. The summed E-state index contributed by atoms with van der Waals surface area (Å²) in [6, 6.07) is 5.82. The van der Waals surface area contributed by atoms with Gasteiger partial charge >= 0.3 is 0 Å². The summed E-state index contributed by atoms with van der Waals surface area (Å²) in [5, 5.41) is 30.2. The average molecular weight is 442 g/mol. The largest absolute Gasteiger partial charge is 0.504 e. The summed E-state index contributed by atoms with van der Waals surface area (Å²) in [5.41, 5.74) is 3.01. The zero-order valence-corrected chi connectivity index (χ0v) is 19.3. The maximum Gasteiger partial charge on any atom is 0.181 e. The second kappa shape index (κ2) is 11.5. The number of aliphatic hydroxyl groups excluding tert-OH is 2. The molecule has 3 N–H and O–H groups in total. The molecule has 0 saturated carbocycles. The fourth-order valence-corrected chi connectivity index (χ4v) is 3.75. The van der Waals surface area contributed by atoms with Gasteiger partial charge in [-0.25, -0.2) is 0 Å². The summed E-state index contributed by atoms with van der Waals surface area (Å²) in [7, 11) is 0. The van der Waals surface area contributed by atoms with Gasteiger partial charge in [0.25, 0.3) is 0 Å².